The van der Waals surface area contributed by atoms with Crippen molar-refractivity contribution in [2.24, 2.45) is 0 Å². The Morgan fingerprint density at radius 2 is 0.273 bits per heavy atom. The van der Waals surface area contributed by atoms with Crippen molar-refractivity contribution in [3.05, 3.63) is 0 Å². The van der Waals surface area contributed by atoms with Crippen molar-refractivity contribution in [3.8, 4) is 0 Å². The molecule has 0 rings (SSSR count). The van der Waals surface area contributed by atoms with E-state index >= 15 is 0 Å². The molecule has 0 aromatic carbocycles. The van der Waals surface area contributed by atoms with Crippen molar-refractivity contribution < 1.29 is 151 Å². The molecule has 0 spiro atoms. The molecule has 0 fully saturated rings. The van der Waals surface area contributed by atoms with Crippen LogP contribution in [0.2, 0.25) is 0 Å². The molecule has 0 bridgehead atoms. The first-order valence-electron chi connectivity index (χ1n) is 0. The number of hydrogen-bond acceptors (Lipinski definition) is 0. The van der Waals surface area contributed by atoms with Crippen LogP contribution in [-0.4, -0.2) is 0 Å². The average molecular weight is 466 g/mol. The van der Waals surface area contributed by atoms with Crippen molar-refractivity contribution in [2.45, 2.75) is 0 Å². The summed E-state index contributed by atoms with van der Waals surface area (Å²) in [5.74, 6) is 0. The van der Waals surface area contributed by atoms with Gasteiger partial charge in [0.1, 0.15) is 0 Å². The fraction of sp³-hybridized carbons (Fsp3) is 0. The van der Waals surface area contributed by atoms with Gasteiger partial charge in [-0.1, -0.05) is 0 Å². The van der Waals surface area contributed by atoms with Crippen LogP contribution in [0.15, 0.2) is 0 Å². The summed E-state index contributed by atoms with van der Waals surface area (Å²) in [7, 11) is 0. The molecule has 0 saturated carbocycles. The Morgan fingerprint density at radius 3 is 0.273 bits per heavy atom. The van der Waals surface area contributed by atoms with Crippen molar-refractivity contribution in [1.82, 2.24) is 0 Å². The van der Waals surface area contributed by atoms with E-state index in [1.54, 1.807) is 0 Å². The Labute approximate surface area is 149 Å². The van der Waals surface area contributed by atoms with Gasteiger partial charge >= 0.3 is 39.6 Å². The Morgan fingerprint density at radius 1 is 0.273 bits per heavy atom. The van der Waals surface area contributed by atoms with Crippen LogP contribution < -0.4 is 112 Å². The molecule has 0 aliphatic rings. The third-order valence-electron chi connectivity index (χ3n) is 0. The predicted octanol–water partition coefficient (Wildman–Crippen LogP) is -27.0. The Kier molecular flexibility index (Phi) is 2640. The van der Waals surface area contributed by atoms with Gasteiger partial charge in [-0.15, -0.1) is 0 Å². The summed E-state index contributed by atoms with van der Waals surface area (Å²) in [5.41, 5.74) is 0. The van der Waals surface area contributed by atoms with E-state index in [1.807, 2.05) is 0 Å². The summed E-state index contributed by atoms with van der Waals surface area (Å²) in [5, 5.41) is 0. The molecule has 0 aromatic heterocycles. The fourth-order valence-corrected chi connectivity index (χ4v) is 0. The van der Waals surface area contributed by atoms with Crippen LogP contribution >= 0.6 is 0 Å². The van der Waals surface area contributed by atoms with E-state index < -0.39 is 0 Å². The van der Waals surface area contributed by atoms with Gasteiger partial charge < -0.3 is 112 Å². The van der Waals surface area contributed by atoms with E-state index in [9.17, 15) is 0 Å². The van der Waals surface area contributed by atoms with E-state index in [0.717, 1.165) is 0 Å². The minimum Gasteiger partial charge on any atom is -1.00 e. The largest absolute Gasteiger partial charge is 5.00 e. The number of hydrogen-bond donors (Lipinski definition) is 0. The smallest absolute Gasteiger partial charge is 1.00 e. The molecule has 0 nitrogen and oxygen atoms in total. The zero-order valence-electron chi connectivity index (χ0n) is 4.26. The second-order valence-electron chi connectivity index (χ2n) is 0. The first-order chi connectivity index (χ1) is 0. The van der Waals surface area contributed by atoms with Gasteiger partial charge in [0, 0.05) is 0 Å². The summed E-state index contributed by atoms with van der Waals surface area (Å²) in [6.07, 6.45) is 0. The topological polar surface area (TPSA) is 0 Å². The maximum Gasteiger partial charge on any atom is 5.00 e. The molecule has 0 atom stereocenters. The van der Waals surface area contributed by atoms with Crippen LogP contribution in [0.5, 0.6) is 0 Å². The molecule has 0 saturated heterocycles. The first-order valence-corrected chi connectivity index (χ1v) is 0. The van der Waals surface area contributed by atoms with Gasteiger partial charge in [-0.05, 0) is 0 Å². The van der Waals surface area contributed by atoms with Gasteiger partial charge in [0.15, 0.2) is 0 Å². The van der Waals surface area contributed by atoms with Crippen molar-refractivity contribution in [3.63, 3.8) is 0 Å². The molecule has 11 heteroatoms. The summed E-state index contributed by atoms with van der Waals surface area (Å²) in [4.78, 5) is 0. The maximum atomic E-state index is 0. The predicted molar refractivity (Wildman–Crippen MR) is 0 cm³/mol. The normalized spacial score (nSPS) is 0. The van der Waals surface area contributed by atoms with Gasteiger partial charge in [-0.3, -0.25) is 0 Å². The molecule has 0 aliphatic heterocycles. The summed E-state index contributed by atoms with van der Waals surface area (Å²) in [6, 6.07) is 0. The Balaban J connectivity index is 0. The minimum atomic E-state index is 0. The summed E-state index contributed by atoms with van der Waals surface area (Å²) < 4.78 is 0. The molecule has 74 valence electrons. The van der Waals surface area contributed by atoms with Crippen molar-refractivity contribution >= 4 is 0 Å². The summed E-state index contributed by atoms with van der Waals surface area (Å²) >= 11 is 0. The molecule has 0 aliphatic carbocycles. The van der Waals surface area contributed by atoms with Gasteiger partial charge in [-0.25, -0.2) is 0 Å². The molecule has 0 radical (unpaired) electrons. The van der Waals surface area contributed by atoms with Crippen LogP contribution in [0.25, 0.3) is 0 Å². The van der Waals surface area contributed by atoms with E-state index in [0.29, 0.717) is 0 Å². The first kappa shape index (κ1) is 190. The molecular formula is Cl9MoV. The van der Waals surface area contributed by atoms with Crippen LogP contribution in [0, 0.1) is 0 Å². The summed E-state index contributed by atoms with van der Waals surface area (Å²) in [6.45, 7) is 0. The van der Waals surface area contributed by atoms with E-state index in [2.05, 4.69) is 0 Å². The second kappa shape index (κ2) is 153. The Hall–Kier alpha value is 3.88. The van der Waals surface area contributed by atoms with Crippen LogP contribution in [0.1, 0.15) is 0 Å². The molecule has 11 heavy (non-hydrogen) atoms. The van der Waals surface area contributed by atoms with Crippen LogP contribution in [0.3, 0.4) is 0 Å². The third kappa shape index (κ3) is 130. The van der Waals surface area contributed by atoms with Gasteiger partial charge in [0.05, 0.1) is 0 Å². The van der Waals surface area contributed by atoms with Gasteiger partial charge in [0.25, 0.3) is 0 Å². The second-order valence-corrected chi connectivity index (χ2v) is 0. The van der Waals surface area contributed by atoms with E-state index in [-0.39, 0.29) is 151 Å². The van der Waals surface area contributed by atoms with E-state index in [4.69, 9.17) is 0 Å². The zero-order valence-corrected chi connectivity index (χ0v) is 14.5. The van der Waals surface area contributed by atoms with Crippen LogP contribution in [-0.2, 0) is 39.6 Å². The van der Waals surface area contributed by atoms with Gasteiger partial charge in [-0.2, -0.15) is 0 Å². The molecule has 0 aromatic rings. The molecule has 0 unspecified atom stereocenters. The van der Waals surface area contributed by atoms with Crippen LogP contribution in [0.4, 0.5) is 0 Å². The molecular weight excluding hydrogens is 466 g/mol. The van der Waals surface area contributed by atoms with Crippen molar-refractivity contribution in [2.75, 3.05) is 0 Å². The molecule has 0 N–H and O–H groups in total. The van der Waals surface area contributed by atoms with E-state index in [1.165, 1.54) is 0 Å². The molecule has 0 amide bonds. The number of rotatable bonds is 0. The standard InChI is InChI=1S/9ClH.Mo.V/h9*1H;;/q;;;;;;;;;+4;+5/p-9. The quantitative estimate of drug-likeness (QED) is 0.312. The average Bonchev–Trinajstić information content (AvgIpc) is 0. The maximum absolute atomic E-state index is 0. The number of halogens is 9. The van der Waals surface area contributed by atoms with Crippen molar-refractivity contribution in [1.29, 1.82) is 0 Å². The minimum absolute atomic E-state index is 0. The Bertz CT molecular complexity index is 9.52. The monoisotopic (exact) mass is 464 g/mol. The zero-order chi connectivity index (χ0) is 0. The van der Waals surface area contributed by atoms with Gasteiger partial charge in [0.2, 0.25) is 0 Å². The molecule has 0 heterocycles. The SMILES string of the molecule is [Cl-].[Cl-].[Cl-].[Cl-].[Cl-].[Cl-].[Cl-].[Cl-].[Cl-].[Mo+4].[V+5]. The third-order valence-corrected chi connectivity index (χ3v) is 0. The fourth-order valence-electron chi connectivity index (χ4n) is 0.